The molecule has 0 aliphatic heterocycles. The molecule has 0 aliphatic carbocycles. The van der Waals surface area contributed by atoms with Crippen molar-refractivity contribution in [1.29, 1.82) is 0 Å². The van der Waals surface area contributed by atoms with Crippen molar-refractivity contribution in [3.8, 4) is 17.2 Å². The Bertz CT molecular complexity index is 975. The Morgan fingerprint density at radius 1 is 0.750 bits per heavy atom. The SMILES string of the molecule is O=[PH](O)Oc1cc(/C=C/c2ccc(OP(=O)(O)O)cc2)cc(OP(=O)(O)O)c1. The van der Waals surface area contributed by atoms with E-state index in [1.165, 1.54) is 42.5 Å². The van der Waals surface area contributed by atoms with E-state index >= 15 is 0 Å². The van der Waals surface area contributed by atoms with Crippen molar-refractivity contribution in [3.63, 3.8) is 0 Å². The molecule has 28 heavy (non-hydrogen) atoms. The summed E-state index contributed by atoms with van der Waals surface area (Å²) in [6.45, 7) is 0. The van der Waals surface area contributed by atoms with Gasteiger partial charge in [-0.05, 0) is 35.4 Å². The van der Waals surface area contributed by atoms with Gasteiger partial charge in [0.2, 0.25) is 0 Å². The van der Waals surface area contributed by atoms with E-state index in [1.54, 1.807) is 6.08 Å². The molecule has 0 aromatic heterocycles. The van der Waals surface area contributed by atoms with Gasteiger partial charge in [0.05, 0.1) is 0 Å². The molecule has 0 saturated heterocycles. The van der Waals surface area contributed by atoms with E-state index in [-0.39, 0.29) is 17.2 Å². The lowest BCUT2D eigenvalue weighted by atomic mass is 10.1. The van der Waals surface area contributed by atoms with Gasteiger partial charge >= 0.3 is 23.9 Å². The van der Waals surface area contributed by atoms with Gasteiger partial charge < -0.3 is 18.5 Å². The van der Waals surface area contributed by atoms with Crippen LogP contribution < -0.4 is 13.6 Å². The highest BCUT2D eigenvalue weighted by Crippen LogP contribution is 2.40. The molecule has 2 aromatic carbocycles. The van der Waals surface area contributed by atoms with Gasteiger partial charge in [-0.3, -0.25) is 19.6 Å². The predicted molar refractivity (Wildman–Crippen MR) is 99.0 cm³/mol. The van der Waals surface area contributed by atoms with Gasteiger partial charge in [0, 0.05) is 6.07 Å². The molecule has 5 N–H and O–H groups in total. The summed E-state index contributed by atoms with van der Waals surface area (Å²) in [5.41, 5.74) is 0.928. The van der Waals surface area contributed by atoms with Gasteiger partial charge in [0.15, 0.2) is 0 Å². The van der Waals surface area contributed by atoms with Crippen molar-refractivity contribution in [1.82, 2.24) is 0 Å². The van der Waals surface area contributed by atoms with Crippen molar-refractivity contribution in [2.75, 3.05) is 0 Å². The van der Waals surface area contributed by atoms with Crippen molar-refractivity contribution < 1.29 is 51.7 Å². The van der Waals surface area contributed by atoms with Crippen molar-refractivity contribution in [2.45, 2.75) is 0 Å². The van der Waals surface area contributed by atoms with Gasteiger partial charge in [0.25, 0.3) is 0 Å². The van der Waals surface area contributed by atoms with E-state index in [2.05, 4.69) is 13.6 Å². The van der Waals surface area contributed by atoms with E-state index in [0.29, 0.717) is 11.1 Å². The Balaban J connectivity index is 2.25. The average Bonchev–Trinajstić information content (AvgIpc) is 2.50. The molecule has 2 aromatic rings. The summed E-state index contributed by atoms with van der Waals surface area (Å²) in [6, 6.07) is 9.32. The van der Waals surface area contributed by atoms with Gasteiger partial charge in [-0.25, -0.2) is 13.7 Å². The fourth-order valence-corrected chi connectivity index (χ4v) is 3.11. The van der Waals surface area contributed by atoms with Crippen molar-refractivity contribution in [2.24, 2.45) is 0 Å². The Morgan fingerprint density at radius 3 is 1.79 bits per heavy atom. The quantitative estimate of drug-likeness (QED) is 0.293. The lowest BCUT2D eigenvalue weighted by molar-refractivity contribution is 0.280. The summed E-state index contributed by atoms with van der Waals surface area (Å²) < 4.78 is 46.2. The summed E-state index contributed by atoms with van der Waals surface area (Å²) >= 11 is 0. The lowest BCUT2D eigenvalue weighted by Gasteiger charge is -2.10. The second-order valence-electron chi connectivity index (χ2n) is 5.17. The summed E-state index contributed by atoms with van der Waals surface area (Å²) in [5.74, 6) is -0.451. The number of phosphoric ester groups is 2. The molecule has 0 aliphatic rings. The molecular weight excluding hydrogens is 437 g/mol. The maximum atomic E-state index is 11.0. The molecule has 14 heteroatoms. The molecule has 2 rings (SSSR count). The topological polar surface area (TPSA) is 180 Å². The fourth-order valence-electron chi connectivity index (χ4n) is 2.01. The van der Waals surface area contributed by atoms with Crippen molar-refractivity contribution in [3.05, 3.63) is 53.6 Å². The van der Waals surface area contributed by atoms with Crippen LogP contribution in [-0.2, 0) is 13.7 Å². The summed E-state index contributed by atoms with van der Waals surface area (Å²) in [6.07, 6.45) is 3.05. The Morgan fingerprint density at radius 2 is 1.25 bits per heavy atom. The van der Waals surface area contributed by atoms with Gasteiger partial charge in [-0.15, -0.1) is 0 Å². The smallest absolute Gasteiger partial charge is 0.426 e. The molecule has 1 unspecified atom stereocenters. The molecule has 0 amide bonds. The number of hydrogen-bond donors (Lipinski definition) is 5. The molecule has 0 bridgehead atoms. The Labute approximate surface area is 159 Å². The third-order valence-corrected chi connectivity index (χ3v) is 4.21. The zero-order valence-corrected chi connectivity index (χ0v) is 16.6. The monoisotopic (exact) mass is 452 g/mol. The second kappa shape index (κ2) is 9.05. The number of benzene rings is 2. The first-order valence-electron chi connectivity index (χ1n) is 7.24. The first kappa shape index (κ1) is 22.4. The van der Waals surface area contributed by atoms with Gasteiger partial charge in [-0.2, -0.15) is 0 Å². The zero-order valence-electron chi connectivity index (χ0n) is 13.8. The number of phosphoric acid groups is 2. The zero-order chi connectivity index (χ0) is 20.9. The van der Waals surface area contributed by atoms with Crippen LogP contribution in [0.3, 0.4) is 0 Å². The molecule has 0 spiro atoms. The third kappa shape index (κ3) is 8.39. The van der Waals surface area contributed by atoms with Crippen LogP contribution in [0.5, 0.6) is 17.2 Å². The minimum atomic E-state index is -4.85. The highest BCUT2D eigenvalue weighted by molar-refractivity contribution is 7.47. The largest absolute Gasteiger partial charge is 0.524 e. The van der Waals surface area contributed by atoms with E-state index < -0.39 is 23.9 Å². The molecule has 0 heterocycles. The normalized spacial score (nSPS) is 13.3. The molecule has 0 fully saturated rings. The maximum Gasteiger partial charge on any atom is 0.524 e. The van der Waals surface area contributed by atoms with Crippen LogP contribution in [0.4, 0.5) is 0 Å². The average molecular weight is 452 g/mol. The van der Waals surface area contributed by atoms with Crippen LogP contribution in [-0.4, -0.2) is 24.5 Å². The van der Waals surface area contributed by atoms with Crippen LogP contribution in [0.25, 0.3) is 12.2 Å². The highest BCUT2D eigenvalue weighted by atomic mass is 31.2. The minimum Gasteiger partial charge on any atom is -0.426 e. The van der Waals surface area contributed by atoms with Crippen molar-refractivity contribution >= 4 is 36.1 Å². The number of hydrogen-bond acceptors (Lipinski definition) is 6. The molecule has 152 valence electrons. The van der Waals surface area contributed by atoms with E-state index in [4.69, 9.17) is 24.5 Å². The highest BCUT2D eigenvalue weighted by Gasteiger charge is 2.17. The van der Waals surface area contributed by atoms with Crippen LogP contribution in [0, 0.1) is 0 Å². The van der Waals surface area contributed by atoms with Crippen LogP contribution in [0.1, 0.15) is 11.1 Å². The summed E-state index contributed by atoms with van der Waals surface area (Å²) in [4.78, 5) is 44.2. The van der Waals surface area contributed by atoms with Gasteiger partial charge in [0.1, 0.15) is 17.2 Å². The van der Waals surface area contributed by atoms with Crippen LogP contribution in [0.15, 0.2) is 42.5 Å². The van der Waals surface area contributed by atoms with E-state index in [1.807, 2.05) is 0 Å². The minimum absolute atomic E-state index is 0.0359. The van der Waals surface area contributed by atoms with E-state index in [9.17, 15) is 13.7 Å². The first-order chi connectivity index (χ1) is 12.9. The molecule has 11 nitrogen and oxygen atoms in total. The Kier molecular flexibility index (Phi) is 7.22. The number of rotatable bonds is 8. The first-order valence-corrected chi connectivity index (χ1v) is 11.6. The van der Waals surface area contributed by atoms with Crippen LogP contribution >= 0.6 is 23.9 Å². The molecular formula is C14H15O11P3. The van der Waals surface area contributed by atoms with Crippen LogP contribution in [0.2, 0.25) is 0 Å². The molecule has 0 saturated carbocycles. The maximum absolute atomic E-state index is 11.0. The summed E-state index contributed by atoms with van der Waals surface area (Å²) in [7, 11) is -12.9. The second-order valence-corrected chi connectivity index (χ2v) is 8.24. The van der Waals surface area contributed by atoms with Gasteiger partial charge in [-0.1, -0.05) is 24.3 Å². The predicted octanol–water partition coefficient (Wildman–Crippen LogP) is 2.56. The lowest BCUT2D eigenvalue weighted by Crippen LogP contribution is -1.92. The summed E-state index contributed by atoms with van der Waals surface area (Å²) in [5, 5.41) is 0. The fraction of sp³-hybridized carbons (Fsp3) is 0. The molecule has 0 radical (unpaired) electrons. The van der Waals surface area contributed by atoms with E-state index in [0.717, 1.165) is 6.07 Å². The third-order valence-electron chi connectivity index (χ3n) is 2.90. The Hall–Kier alpha value is -1.93. The standard InChI is InChI=1S/C14H15O11P3/c15-26(16)23-13-7-11(8-14(9-13)25-28(20,21)22)2-1-10-3-5-12(6-4-10)24-27(17,18)19/h1-9,26H,(H,15,16)(H2,17,18,19)(H2,20,21,22)/b2-1+. The molecule has 1 atom stereocenters.